The fourth-order valence-electron chi connectivity index (χ4n) is 15.9. The van der Waals surface area contributed by atoms with E-state index in [0.717, 1.165) is 27.7 Å². The number of hydrogen-bond donors (Lipinski definition) is 32. The Bertz CT molecular complexity index is 3400. The predicted molar refractivity (Wildman–Crippen MR) is 377 cm³/mol. The van der Waals surface area contributed by atoms with E-state index in [0.29, 0.717) is 0 Å². The zero-order chi connectivity index (χ0) is 91.4. The highest BCUT2D eigenvalue weighted by Crippen LogP contribution is 2.41. The molecule has 0 aromatic carbocycles. The minimum atomic E-state index is -2.64. The number of carboxylic acid groups (broad SMARTS) is 1. The molecule has 10 aliphatic heterocycles. The van der Waals surface area contributed by atoms with Crippen LogP contribution in [-0.2, 0) is 114 Å². The van der Waals surface area contributed by atoms with Crippen LogP contribution in [0.4, 0.5) is 0 Å². The first-order valence-corrected chi connectivity index (χ1v) is 39.1. The van der Waals surface area contributed by atoms with Crippen LogP contribution in [0, 0.1) is 0 Å². The number of amides is 4. The lowest BCUT2D eigenvalue weighted by molar-refractivity contribution is -0.400. The van der Waals surface area contributed by atoms with Crippen molar-refractivity contribution >= 4 is 29.6 Å². The summed E-state index contributed by atoms with van der Waals surface area (Å²) in [4.78, 5) is 63.3. The second kappa shape index (κ2) is 44.2. The molecule has 10 rings (SSSR count). The van der Waals surface area contributed by atoms with Crippen LogP contribution in [0.2, 0.25) is 0 Å². The van der Waals surface area contributed by atoms with Crippen molar-refractivity contribution in [3.8, 4) is 0 Å². The maximum absolute atomic E-state index is 13.2. The number of aliphatic hydroxyl groups is 27. The Morgan fingerprint density at radius 2 is 0.492 bits per heavy atom. The predicted octanol–water partition coefficient (Wildman–Crippen LogP) is -22.1. The number of carboxylic acids is 1. The molecule has 4 amide bonds. The first-order valence-electron chi connectivity index (χ1n) is 39.1. The van der Waals surface area contributed by atoms with Gasteiger partial charge in [-0.15, -0.1) is 0 Å². The highest BCUT2D eigenvalue weighted by molar-refractivity contribution is 5.75. The number of carbonyl (C=O) groups excluding carboxylic acids is 4. The lowest BCUT2D eigenvalue weighted by atomic mass is 9.93. The van der Waals surface area contributed by atoms with Gasteiger partial charge in [-0.25, -0.2) is 4.79 Å². The quantitative estimate of drug-likeness (QED) is 0.0297. The van der Waals surface area contributed by atoms with Gasteiger partial charge in [0.25, 0.3) is 0 Å². The molecule has 56 nitrogen and oxygen atoms in total. The minimum Gasteiger partial charge on any atom is -0.479 e. The second-order valence-electron chi connectivity index (χ2n) is 31.0. The first kappa shape index (κ1) is 102. The molecular weight excluding hydrogens is 1700 g/mol. The molecule has 0 bridgehead atoms. The van der Waals surface area contributed by atoms with Crippen molar-refractivity contribution in [3.05, 3.63) is 0 Å². The number of carbonyl (C=O) groups is 5. The zero-order valence-electron chi connectivity index (χ0n) is 66.1. The fourth-order valence-corrected chi connectivity index (χ4v) is 15.9. The molecule has 0 aromatic rings. The maximum atomic E-state index is 13.2. The Morgan fingerprint density at radius 3 is 0.871 bits per heavy atom. The summed E-state index contributed by atoms with van der Waals surface area (Å²) in [5, 5.41) is 321. The van der Waals surface area contributed by atoms with Crippen LogP contribution in [-0.4, -0.2) is 539 Å². The van der Waals surface area contributed by atoms with Crippen molar-refractivity contribution in [1.82, 2.24) is 21.3 Å². The molecule has 10 fully saturated rings. The van der Waals surface area contributed by atoms with E-state index in [-0.39, 0.29) is 0 Å². The van der Waals surface area contributed by atoms with Crippen molar-refractivity contribution in [2.45, 2.75) is 335 Å². The fraction of sp³-hybridized carbons (Fsp3) is 0.926. The third-order valence-electron chi connectivity index (χ3n) is 22.4. The van der Waals surface area contributed by atoms with Gasteiger partial charge < -0.3 is 254 Å². The van der Waals surface area contributed by atoms with Crippen molar-refractivity contribution in [2.75, 3.05) is 59.5 Å². The minimum absolute atomic E-state index is 0.808. The van der Waals surface area contributed by atoms with E-state index in [2.05, 4.69) is 21.3 Å². The van der Waals surface area contributed by atoms with Gasteiger partial charge in [0.15, 0.2) is 69.0 Å². The van der Waals surface area contributed by atoms with Crippen molar-refractivity contribution in [3.63, 3.8) is 0 Å². The molecule has 10 aliphatic rings. The average Bonchev–Trinajstić information content (AvgIpc) is 0.758. The van der Waals surface area contributed by atoms with Gasteiger partial charge in [0.05, 0.1) is 59.5 Å². The van der Waals surface area contributed by atoms with Gasteiger partial charge in [-0.05, 0) is 0 Å². The summed E-state index contributed by atoms with van der Waals surface area (Å²) in [5.41, 5.74) is 0. The number of ether oxygens (including phenoxy) is 19. The van der Waals surface area contributed by atoms with E-state index >= 15 is 0 Å². The van der Waals surface area contributed by atoms with Gasteiger partial charge in [0.1, 0.15) is 238 Å². The topological polar surface area (TPSA) is 875 Å². The summed E-state index contributed by atoms with van der Waals surface area (Å²) in [6.07, 6.45) is -99.8. The second-order valence-corrected chi connectivity index (χ2v) is 31.0. The van der Waals surface area contributed by atoms with Gasteiger partial charge in [0, 0.05) is 27.7 Å². The Kier molecular flexibility index (Phi) is 36.2. The Hall–Kier alpha value is -4.49. The molecule has 10 heterocycles. The molecule has 32 N–H and O–H groups in total. The Labute approximate surface area is 700 Å². The Morgan fingerprint density at radius 1 is 0.234 bits per heavy atom. The molecule has 0 aliphatic carbocycles. The molecule has 56 heteroatoms. The third kappa shape index (κ3) is 22.1. The van der Waals surface area contributed by atoms with Crippen LogP contribution in [0.25, 0.3) is 0 Å². The van der Waals surface area contributed by atoms with E-state index in [4.69, 9.17) is 90.0 Å². The van der Waals surface area contributed by atoms with Gasteiger partial charge in [-0.1, -0.05) is 0 Å². The van der Waals surface area contributed by atoms with E-state index in [1.54, 1.807) is 0 Å². The number of rotatable bonds is 32. The standard InChI is InChI=1S/C68H112N4O52/c1-14(81)69-27-36(90)49(22(9-77)107-59(27)105)116-60-28(70-15(2)82)37(91)52(24(11-79)112-60)119-66-48(102)54(35(89)26(115-66)13-106-67-56(42(96)32(86)19(6-74)110-67)123-61-29(71-16(3)83)38(92)50(23(10-78)113-61)117-63-45(99)40(94)31(85)18(5-73)108-63)121-68-57(43(97)33(87)20(7-75)111-68)124-62-30(72-17(4)84)39(93)51(25(12-80)114-62)118-65-47(101)53(34(88)21(8-76)109-65)120-64-46(100)41(95)44(98)55(122-64)58(103)104/h18-57,59-68,73-80,85-102,105H,5-13H2,1-4H3,(H,69,81)(H,70,82)(H,71,83)(H,72,84)(H,103,104)/t18-,19-,20-,21-,22-,23-,24-,25-,26-,27-,28-,29-,30-,31+,32-,33-,34+,35-,36-,37-,38-,39-,40+,41+,42+,43+,44+,45-,46-,47-,48+,49-,50-,51-,52-,53+,54+,55+,56+,57+,59-,60+,61+,62+,63+,64-,65+,66+,67+,68-/m1/s1. The number of hydrogen-bond acceptors (Lipinski definition) is 51. The summed E-state index contributed by atoms with van der Waals surface area (Å²) >= 11 is 0. The van der Waals surface area contributed by atoms with E-state index in [1.807, 2.05) is 0 Å². The number of nitrogens with one attached hydrogen (secondary N) is 4. The summed E-state index contributed by atoms with van der Waals surface area (Å²) < 4.78 is 112. The molecule has 0 spiro atoms. The molecule has 0 unspecified atom stereocenters. The largest absolute Gasteiger partial charge is 0.479 e. The number of aliphatic carboxylic acids is 1. The molecule has 50 atom stereocenters. The summed E-state index contributed by atoms with van der Waals surface area (Å²) in [6, 6.07) is -7.67. The molecule has 0 radical (unpaired) electrons. The van der Waals surface area contributed by atoms with Crippen molar-refractivity contribution in [2.24, 2.45) is 0 Å². The van der Waals surface area contributed by atoms with Crippen LogP contribution in [0.5, 0.6) is 0 Å². The SMILES string of the molecule is CC(=O)N[C@@H]1[C@@H](O)[C@H](O[C@@H]2O[C@H](CO)[C@@H](O[C@@H]3O[C@H](CO[C@H]4O[C@H](CO)[C@@H](O)[C@H](O)[C@@H]4O[C@@H]4O[C@H](CO)[C@@H](O[C@@H]5O[C@H](CO)[C@H](O)[C@H](O)[C@H]5O)[C@H](O)[C@H]4NC(C)=O)[C@@H](O)[C@H](O[C@H]4O[C@H](CO)[C@@H](O)[C@H](O)[C@@H]4O[C@@H]4O[C@H](CO)[C@@H](O[C@@H]5O[C@H](CO)[C@H](O)[C@H](O[C@@H]6O[C@H](C(=O)O)[C@@H](O)[C@H](O)[C@H]6O)[C@H]5O)[C@H](O)[C@H]4NC(C)=O)[C@@H]3O)[C@H](O)[C@H]2NC(C)=O)[C@@H](CO)O[C@H]1O. The molecule has 716 valence electrons. The Balaban J connectivity index is 0.970. The number of aliphatic hydroxyl groups excluding tert-OH is 27. The smallest absolute Gasteiger partial charge is 0.335 e. The lowest BCUT2D eigenvalue weighted by Crippen LogP contribution is -2.71. The normalized spacial score (nSPS) is 49.1. The molecular formula is C68H112N4O52. The highest BCUT2D eigenvalue weighted by atomic mass is 16.8. The van der Waals surface area contributed by atoms with E-state index in [1.165, 1.54) is 0 Å². The van der Waals surface area contributed by atoms with Gasteiger partial charge in [0.2, 0.25) is 23.6 Å². The van der Waals surface area contributed by atoms with Crippen LogP contribution in [0.1, 0.15) is 27.7 Å². The molecule has 124 heavy (non-hydrogen) atoms. The molecule has 10 saturated heterocycles. The van der Waals surface area contributed by atoms with Crippen LogP contribution < -0.4 is 21.3 Å². The van der Waals surface area contributed by atoms with Crippen LogP contribution in [0.3, 0.4) is 0 Å². The first-order chi connectivity index (χ1) is 58.6. The molecule has 0 aromatic heterocycles. The van der Waals surface area contributed by atoms with Crippen LogP contribution in [0.15, 0.2) is 0 Å². The summed E-state index contributed by atoms with van der Waals surface area (Å²) in [5.74, 6) is -5.65. The van der Waals surface area contributed by atoms with Gasteiger partial charge in [-0.3, -0.25) is 19.2 Å². The van der Waals surface area contributed by atoms with E-state index < -0.39 is 396 Å². The van der Waals surface area contributed by atoms with Crippen molar-refractivity contribution < 1.29 is 257 Å². The van der Waals surface area contributed by atoms with E-state index in [9.17, 15) is 167 Å². The van der Waals surface area contributed by atoms with Crippen molar-refractivity contribution in [1.29, 1.82) is 0 Å². The highest BCUT2D eigenvalue weighted by Gasteiger charge is 2.62. The molecule has 0 saturated carbocycles. The lowest BCUT2D eigenvalue weighted by Gasteiger charge is -2.51. The summed E-state index contributed by atoms with van der Waals surface area (Å²) in [6.45, 7) is -6.68. The van der Waals surface area contributed by atoms with Crippen LogP contribution >= 0.6 is 0 Å². The third-order valence-corrected chi connectivity index (χ3v) is 22.4. The average molecular weight is 1820 g/mol. The summed E-state index contributed by atoms with van der Waals surface area (Å²) in [7, 11) is 0. The maximum Gasteiger partial charge on any atom is 0.335 e. The zero-order valence-corrected chi connectivity index (χ0v) is 66.1. The monoisotopic (exact) mass is 1820 g/mol. The van der Waals surface area contributed by atoms with Gasteiger partial charge in [-0.2, -0.15) is 0 Å². The van der Waals surface area contributed by atoms with Gasteiger partial charge >= 0.3 is 5.97 Å².